The molecule has 1 saturated carbocycles. The van der Waals surface area contributed by atoms with Crippen LogP contribution in [-0.2, 0) is 5.41 Å². The number of rotatable bonds is 5. The fourth-order valence-electron chi connectivity index (χ4n) is 2.18. The van der Waals surface area contributed by atoms with Crippen LogP contribution in [0.4, 0.5) is 0 Å². The highest BCUT2D eigenvalue weighted by Gasteiger charge is 2.44. The molecule has 0 saturated heterocycles. The average molecular weight is 270 g/mol. The minimum atomic E-state index is 0.0563. The molecule has 2 N–H and O–H groups in total. The second-order valence-corrected chi connectivity index (χ2v) is 5.54. The van der Waals surface area contributed by atoms with E-state index in [1.54, 1.807) is 7.11 Å². The molecule has 3 nitrogen and oxygen atoms in total. The molecule has 18 heavy (non-hydrogen) atoms. The molecule has 0 unspecified atom stereocenters. The van der Waals surface area contributed by atoms with Gasteiger partial charge in [0.1, 0.15) is 0 Å². The van der Waals surface area contributed by atoms with Crippen LogP contribution in [0.15, 0.2) is 12.1 Å². The Labute approximate surface area is 113 Å². The molecule has 2 rings (SSSR count). The molecule has 100 valence electrons. The second kappa shape index (κ2) is 4.98. The molecule has 0 spiro atoms. The first kappa shape index (κ1) is 13.5. The highest BCUT2D eigenvalue weighted by Crippen LogP contribution is 2.51. The molecule has 0 atom stereocenters. The standard InChI is InChI=1S/C14H20ClNO2/c1-9(2)18-13-7-11(15)10(6-12(13)17-3)14(8-16)4-5-14/h6-7,9H,4-5,8,16H2,1-3H3. The first-order valence-electron chi connectivity index (χ1n) is 6.27. The van der Waals surface area contributed by atoms with Crippen molar-refractivity contribution >= 4 is 11.6 Å². The quantitative estimate of drug-likeness (QED) is 0.893. The number of hydrogen-bond donors (Lipinski definition) is 1. The van der Waals surface area contributed by atoms with Crippen LogP contribution in [0, 0.1) is 0 Å². The Morgan fingerprint density at radius 1 is 1.33 bits per heavy atom. The van der Waals surface area contributed by atoms with E-state index in [9.17, 15) is 0 Å². The number of nitrogens with two attached hydrogens (primary N) is 1. The van der Waals surface area contributed by atoms with Gasteiger partial charge in [0, 0.05) is 23.0 Å². The number of halogens is 1. The maximum Gasteiger partial charge on any atom is 0.163 e. The summed E-state index contributed by atoms with van der Waals surface area (Å²) in [5, 5.41) is 0.717. The molecule has 1 aromatic rings. The van der Waals surface area contributed by atoms with Gasteiger partial charge in [-0.05, 0) is 38.3 Å². The SMILES string of the molecule is COc1cc(C2(CN)CC2)c(Cl)cc1OC(C)C. The predicted molar refractivity (Wildman–Crippen MR) is 73.7 cm³/mol. The summed E-state index contributed by atoms with van der Waals surface area (Å²) in [6.07, 6.45) is 2.28. The predicted octanol–water partition coefficient (Wildman–Crippen LogP) is 3.13. The summed E-state index contributed by atoms with van der Waals surface area (Å²) in [4.78, 5) is 0. The van der Waals surface area contributed by atoms with E-state index < -0.39 is 0 Å². The molecule has 0 amide bonds. The Bertz CT molecular complexity index is 442. The Hall–Kier alpha value is -0.930. The molecule has 1 fully saturated rings. The lowest BCUT2D eigenvalue weighted by Gasteiger charge is -2.19. The van der Waals surface area contributed by atoms with Gasteiger partial charge >= 0.3 is 0 Å². The van der Waals surface area contributed by atoms with E-state index in [1.165, 1.54) is 0 Å². The van der Waals surface area contributed by atoms with Crippen LogP contribution in [0.2, 0.25) is 5.02 Å². The van der Waals surface area contributed by atoms with Crippen molar-refractivity contribution in [1.82, 2.24) is 0 Å². The van der Waals surface area contributed by atoms with E-state index in [4.69, 9.17) is 26.8 Å². The van der Waals surface area contributed by atoms with Gasteiger partial charge in [-0.2, -0.15) is 0 Å². The van der Waals surface area contributed by atoms with Crippen LogP contribution in [-0.4, -0.2) is 19.8 Å². The molecule has 0 aromatic heterocycles. The van der Waals surface area contributed by atoms with Crippen molar-refractivity contribution in [2.24, 2.45) is 5.73 Å². The van der Waals surface area contributed by atoms with E-state index in [-0.39, 0.29) is 11.5 Å². The van der Waals surface area contributed by atoms with Gasteiger partial charge in [0.05, 0.1) is 13.2 Å². The molecule has 0 radical (unpaired) electrons. The largest absolute Gasteiger partial charge is 0.493 e. The zero-order valence-electron chi connectivity index (χ0n) is 11.1. The van der Waals surface area contributed by atoms with Gasteiger partial charge < -0.3 is 15.2 Å². The Morgan fingerprint density at radius 2 is 2.00 bits per heavy atom. The van der Waals surface area contributed by atoms with Crippen LogP contribution < -0.4 is 15.2 Å². The van der Waals surface area contributed by atoms with Crippen molar-refractivity contribution in [1.29, 1.82) is 0 Å². The summed E-state index contributed by atoms with van der Waals surface area (Å²) in [7, 11) is 1.64. The lowest BCUT2D eigenvalue weighted by atomic mass is 9.95. The van der Waals surface area contributed by atoms with Crippen LogP contribution in [0.3, 0.4) is 0 Å². The van der Waals surface area contributed by atoms with E-state index in [0.29, 0.717) is 12.3 Å². The maximum atomic E-state index is 6.35. The lowest BCUT2D eigenvalue weighted by Crippen LogP contribution is -2.20. The van der Waals surface area contributed by atoms with Gasteiger partial charge in [-0.3, -0.25) is 0 Å². The summed E-state index contributed by atoms with van der Waals surface area (Å²) >= 11 is 6.35. The van der Waals surface area contributed by atoms with E-state index in [1.807, 2.05) is 26.0 Å². The first-order chi connectivity index (χ1) is 8.52. The normalized spacial score (nSPS) is 16.8. The van der Waals surface area contributed by atoms with Gasteiger partial charge in [0.2, 0.25) is 0 Å². The van der Waals surface area contributed by atoms with Gasteiger partial charge in [0.15, 0.2) is 11.5 Å². The summed E-state index contributed by atoms with van der Waals surface area (Å²) in [5.74, 6) is 1.41. The van der Waals surface area contributed by atoms with Crippen LogP contribution in [0.5, 0.6) is 11.5 Å². The fourth-order valence-corrected chi connectivity index (χ4v) is 2.54. The zero-order valence-corrected chi connectivity index (χ0v) is 11.9. The fraction of sp³-hybridized carbons (Fsp3) is 0.571. The summed E-state index contributed by atoms with van der Waals surface area (Å²) in [6, 6.07) is 3.81. The number of benzene rings is 1. The maximum absolute atomic E-state index is 6.35. The topological polar surface area (TPSA) is 44.5 Å². The Morgan fingerprint density at radius 3 is 2.44 bits per heavy atom. The first-order valence-corrected chi connectivity index (χ1v) is 6.65. The van der Waals surface area contributed by atoms with Crippen molar-refractivity contribution in [3.8, 4) is 11.5 Å². The van der Waals surface area contributed by atoms with Gasteiger partial charge in [-0.1, -0.05) is 11.6 Å². The third kappa shape index (κ3) is 2.43. The number of hydrogen-bond acceptors (Lipinski definition) is 3. The minimum absolute atomic E-state index is 0.0563. The van der Waals surface area contributed by atoms with Crippen LogP contribution >= 0.6 is 11.6 Å². The van der Waals surface area contributed by atoms with E-state index in [0.717, 1.165) is 29.2 Å². The zero-order chi connectivity index (χ0) is 13.3. The molecule has 0 bridgehead atoms. The molecule has 4 heteroatoms. The summed E-state index contributed by atoms with van der Waals surface area (Å²) in [6.45, 7) is 4.58. The van der Waals surface area contributed by atoms with Gasteiger partial charge in [0.25, 0.3) is 0 Å². The van der Waals surface area contributed by atoms with Crippen molar-refractivity contribution in [2.75, 3.05) is 13.7 Å². The molecule has 1 aromatic carbocycles. The smallest absolute Gasteiger partial charge is 0.163 e. The third-order valence-electron chi connectivity index (χ3n) is 3.43. The van der Waals surface area contributed by atoms with Crippen molar-refractivity contribution in [3.63, 3.8) is 0 Å². The number of methoxy groups -OCH3 is 1. The van der Waals surface area contributed by atoms with E-state index in [2.05, 4.69) is 0 Å². The molecular formula is C14H20ClNO2. The monoisotopic (exact) mass is 269 g/mol. The highest BCUT2D eigenvalue weighted by atomic mass is 35.5. The van der Waals surface area contributed by atoms with Gasteiger partial charge in [-0.25, -0.2) is 0 Å². The second-order valence-electron chi connectivity index (χ2n) is 5.13. The summed E-state index contributed by atoms with van der Waals surface area (Å²) in [5.41, 5.74) is 6.99. The molecule has 0 heterocycles. The van der Waals surface area contributed by atoms with Gasteiger partial charge in [-0.15, -0.1) is 0 Å². The summed E-state index contributed by atoms with van der Waals surface area (Å²) < 4.78 is 11.1. The third-order valence-corrected chi connectivity index (χ3v) is 3.74. The van der Waals surface area contributed by atoms with E-state index >= 15 is 0 Å². The van der Waals surface area contributed by atoms with Crippen molar-refractivity contribution in [3.05, 3.63) is 22.7 Å². The Kier molecular flexibility index (Phi) is 3.74. The lowest BCUT2D eigenvalue weighted by molar-refractivity contribution is 0.230. The number of ether oxygens (including phenoxy) is 2. The highest BCUT2D eigenvalue weighted by molar-refractivity contribution is 6.31. The van der Waals surface area contributed by atoms with Crippen molar-refractivity contribution in [2.45, 2.75) is 38.2 Å². The molecule has 1 aliphatic carbocycles. The Balaban J connectivity index is 2.40. The van der Waals surface area contributed by atoms with Crippen LogP contribution in [0.1, 0.15) is 32.3 Å². The molecule has 1 aliphatic rings. The van der Waals surface area contributed by atoms with Crippen molar-refractivity contribution < 1.29 is 9.47 Å². The average Bonchev–Trinajstić information content (AvgIpc) is 3.09. The minimum Gasteiger partial charge on any atom is -0.493 e. The molecule has 0 aliphatic heterocycles. The van der Waals surface area contributed by atoms with Crippen LogP contribution in [0.25, 0.3) is 0 Å². The molecular weight excluding hydrogens is 250 g/mol.